The minimum atomic E-state index is -0.639. The highest BCUT2D eigenvalue weighted by molar-refractivity contribution is 8.18. The number of nitrogens with one attached hydrogen (secondary N) is 1. The van der Waals surface area contributed by atoms with E-state index in [-0.39, 0.29) is 40.3 Å². The van der Waals surface area contributed by atoms with E-state index in [4.69, 9.17) is 28.2 Å². The Bertz CT molecular complexity index is 1540. The predicted octanol–water partition coefficient (Wildman–Crippen LogP) is 6.97. The number of carbonyl (C=O) groups excluding carboxylic acids is 2. The van der Waals surface area contributed by atoms with Crippen LogP contribution in [-0.2, 0) is 15.1 Å². The molecule has 6 rings (SSSR count). The zero-order valence-corrected chi connectivity index (χ0v) is 29.3. The summed E-state index contributed by atoms with van der Waals surface area (Å²) in [5.74, 6) is 0.0943. The fraction of sp³-hybridized carbons (Fsp3) is 0.514. The number of hydrogen-bond donors (Lipinski definition) is 1. The third-order valence-electron chi connectivity index (χ3n) is 10.6. The predicted molar refractivity (Wildman–Crippen MR) is 184 cm³/mol. The summed E-state index contributed by atoms with van der Waals surface area (Å²) in [5, 5.41) is 5.10. The number of benzene rings is 2. The molecule has 4 aliphatic rings. The molecule has 2 fully saturated rings. The van der Waals surface area contributed by atoms with Crippen LogP contribution in [0, 0.1) is 5.92 Å². The molecule has 45 heavy (non-hydrogen) atoms. The number of fused-ring (bicyclic) bond motifs is 1. The van der Waals surface area contributed by atoms with Gasteiger partial charge in [0, 0.05) is 48.6 Å². The highest BCUT2D eigenvalue weighted by Gasteiger charge is 2.64. The molecular weight excluding hydrogens is 625 g/mol. The molecule has 2 amide bonds. The maximum Gasteiger partial charge on any atom is 0.355 e. The monoisotopic (exact) mass is 668 g/mol. The Morgan fingerprint density at radius 1 is 1.07 bits per heavy atom. The number of nitrogens with zero attached hydrogens (tertiary/aromatic N) is 4. The molecule has 240 valence electrons. The van der Waals surface area contributed by atoms with E-state index in [1.165, 1.54) is 11.8 Å². The van der Waals surface area contributed by atoms with Gasteiger partial charge in [0.15, 0.2) is 11.2 Å². The molecule has 6 atom stereocenters. The first-order valence-electron chi connectivity index (χ1n) is 16.1. The zero-order valence-electron chi connectivity index (χ0n) is 27.0. The Balaban J connectivity index is 1.53. The lowest BCUT2D eigenvalue weighted by Crippen LogP contribution is -2.69. The number of likely N-dealkylation sites (tertiary alicyclic amines) is 2. The maximum atomic E-state index is 15.5. The number of aliphatic imine (C=N–C) groups is 1. The number of hydrogen-bond acceptors (Lipinski definition) is 6. The summed E-state index contributed by atoms with van der Waals surface area (Å²) in [6, 6.07) is 15.4. The average Bonchev–Trinajstić information content (AvgIpc) is 3.78. The minimum Gasteiger partial charge on any atom is -0.354 e. The van der Waals surface area contributed by atoms with Crippen LogP contribution < -0.4 is 5.32 Å². The first kappa shape index (κ1) is 32.6. The third-order valence-corrected chi connectivity index (χ3v) is 12.2. The smallest absolute Gasteiger partial charge is 0.354 e. The fourth-order valence-corrected chi connectivity index (χ4v) is 10.2. The number of amidine groups is 1. The van der Waals surface area contributed by atoms with Crippen molar-refractivity contribution in [3.8, 4) is 0 Å². The normalized spacial score (nSPS) is 31.6. The van der Waals surface area contributed by atoms with Crippen molar-refractivity contribution in [2.24, 2.45) is 10.9 Å². The van der Waals surface area contributed by atoms with Gasteiger partial charge in [-0.3, -0.25) is 4.79 Å². The molecule has 0 spiro atoms. The van der Waals surface area contributed by atoms with Crippen LogP contribution in [0.3, 0.4) is 0 Å². The van der Waals surface area contributed by atoms with Gasteiger partial charge in [-0.25, -0.2) is 14.3 Å². The summed E-state index contributed by atoms with van der Waals surface area (Å²) >= 11 is 14.2. The standard InChI is InChI=1S/C35H43Cl2N5O2S/c1-7-26-16-17-28(32(43)38-5)42(26,27-18-19-40(6)20-27)33(44)30-29(21(2)3)41-31(22-8-12-24(36)13-9-22)35(4,39-34(41)45-30)23-10-14-25(37)15-11-23/h8-15,21,26-28,31H,7,16-20H2,1-6H3/p+1/t26-,27-,28+,31-,35+,42?/m1/s1. The highest BCUT2D eigenvalue weighted by atomic mass is 35.5. The number of allylic oxidation sites excluding steroid dienone is 1. The number of thioether (sulfide) groups is 1. The van der Waals surface area contributed by atoms with Crippen LogP contribution in [0.15, 0.2) is 64.1 Å². The molecule has 4 heterocycles. The molecule has 0 aromatic heterocycles. The fourth-order valence-electron chi connectivity index (χ4n) is 8.56. The van der Waals surface area contributed by atoms with Gasteiger partial charge in [0.25, 0.3) is 5.91 Å². The van der Waals surface area contributed by atoms with Gasteiger partial charge in [0.1, 0.15) is 16.5 Å². The molecule has 0 aliphatic carbocycles. The first-order valence-corrected chi connectivity index (χ1v) is 17.7. The summed E-state index contributed by atoms with van der Waals surface area (Å²) in [7, 11) is 3.82. The Hall–Kier alpha value is -2.36. The summed E-state index contributed by atoms with van der Waals surface area (Å²) in [5.41, 5.74) is 2.47. The van der Waals surface area contributed by atoms with E-state index in [2.05, 4.69) is 62.0 Å². The van der Waals surface area contributed by atoms with Crippen molar-refractivity contribution in [2.75, 3.05) is 27.2 Å². The lowest BCUT2D eigenvalue weighted by molar-refractivity contribution is -0.901. The molecule has 2 aromatic rings. The van der Waals surface area contributed by atoms with E-state index >= 15 is 4.79 Å². The number of rotatable bonds is 7. The van der Waals surface area contributed by atoms with Gasteiger partial charge in [0.2, 0.25) is 0 Å². The summed E-state index contributed by atoms with van der Waals surface area (Å²) in [6.07, 6.45) is 3.32. The summed E-state index contributed by atoms with van der Waals surface area (Å²) in [4.78, 5) is 40.0. The lowest BCUT2D eigenvalue weighted by atomic mass is 9.81. The molecule has 0 saturated carbocycles. The Labute approximate surface area is 281 Å². The zero-order chi connectivity index (χ0) is 32.3. The SMILES string of the molecule is CC[C@@H]1CC[C@@H](C(=O)NC)[N+]1(C(=O)C1=C(C(C)C)N2C(=N[C@@](C)(c3ccc(Cl)cc3)[C@H]2c2ccc(Cl)cc2)S1)[C@@H]1CCN(C)C1. The van der Waals surface area contributed by atoms with Crippen LogP contribution in [0.4, 0.5) is 0 Å². The van der Waals surface area contributed by atoms with Crippen molar-refractivity contribution >= 4 is 51.9 Å². The van der Waals surface area contributed by atoms with Gasteiger partial charge < -0.3 is 15.1 Å². The van der Waals surface area contributed by atoms with Gasteiger partial charge in [-0.1, -0.05) is 68.2 Å². The van der Waals surface area contributed by atoms with Crippen LogP contribution >= 0.6 is 35.0 Å². The van der Waals surface area contributed by atoms with E-state index in [0.29, 0.717) is 16.5 Å². The lowest BCUT2D eigenvalue weighted by Gasteiger charge is -2.46. The number of amides is 2. The third kappa shape index (κ3) is 5.16. The summed E-state index contributed by atoms with van der Waals surface area (Å²) in [6.45, 7) is 10.4. The van der Waals surface area contributed by atoms with Crippen molar-refractivity contribution < 1.29 is 14.1 Å². The first-order chi connectivity index (χ1) is 21.5. The van der Waals surface area contributed by atoms with Gasteiger partial charge in [0.05, 0.1) is 18.6 Å². The van der Waals surface area contributed by atoms with Crippen molar-refractivity contribution in [2.45, 2.75) is 83.1 Å². The molecule has 7 nitrogen and oxygen atoms in total. The quantitative estimate of drug-likeness (QED) is 0.323. The van der Waals surface area contributed by atoms with Crippen LogP contribution in [0.5, 0.6) is 0 Å². The minimum absolute atomic E-state index is 0.0317. The molecular formula is C35H44Cl2N5O2S+. The second kappa shape index (κ2) is 12.3. The van der Waals surface area contributed by atoms with E-state index in [1.807, 2.05) is 36.4 Å². The number of halogens is 2. The largest absolute Gasteiger partial charge is 0.355 e. The van der Waals surface area contributed by atoms with Gasteiger partial charge in [-0.05, 0) is 73.5 Å². The van der Waals surface area contributed by atoms with E-state index in [0.717, 1.165) is 59.2 Å². The van der Waals surface area contributed by atoms with Crippen LogP contribution in [0.25, 0.3) is 0 Å². The molecule has 0 bridgehead atoms. The van der Waals surface area contributed by atoms with Crippen molar-refractivity contribution in [3.05, 3.63) is 80.3 Å². The number of quaternary nitrogens is 1. The molecule has 0 radical (unpaired) electrons. The maximum absolute atomic E-state index is 15.5. The average molecular weight is 670 g/mol. The van der Waals surface area contributed by atoms with Crippen LogP contribution in [0.2, 0.25) is 10.0 Å². The molecule has 1 unspecified atom stereocenters. The van der Waals surface area contributed by atoms with Crippen LogP contribution in [0.1, 0.15) is 70.5 Å². The Kier molecular flexibility index (Phi) is 8.94. The van der Waals surface area contributed by atoms with Crippen molar-refractivity contribution in [1.29, 1.82) is 0 Å². The van der Waals surface area contributed by atoms with Gasteiger partial charge >= 0.3 is 5.91 Å². The van der Waals surface area contributed by atoms with E-state index in [9.17, 15) is 4.79 Å². The number of carbonyl (C=O) groups is 2. The molecule has 2 saturated heterocycles. The topological polar surface area (TPSA) is 65.0 Å². The molecule has 1 N–H and O–H groups in total. The van der Waals surface area contributed by atoms with E-state index in [1.54, 1.807) is 7.05 Å². The Morgan fingerprint density at radius 2 is 1.71 bits per heavy atom. The van der Waals surface area contributed by atoms with Gasteiger partial charge in [-0.15, -0.1) is 0 Å². The molecule has 10 heteroatoms. The second-order valence-corrected chi connectivity index (χ2v) is 15.3. The van der Waals surface area contributed by atoms with E-state index < -0.39 is 11.6 Å². The Morgan fingerprint density at radius 3 is 2.27 bits per heavy atom. The molecule has 2 aromatic carbocycles. The van der Waals surface area contributed by atoms with Crippen molar-refractivity contribution in [1.82, 2.24) is 15.1 Å². The second-order valence-electron chi connectivity index (χ2n) is 13.5. The van der Waals surface area contributed by atoms with Crippen molar-refractivity contribution in [3.63, 3.8) is 0 Å². The van der Waals surface area contributed by atoms with Crippen LogP contribution in [-0.4, -0.2) is 76.6 Å². The highest BCUT2D eigenvalue weighted by Crippen LogP contribution is 2.57. The molecule has 4 aliphatic heterocycles. The number of likely N-dealkylation sites (N-methyl/N-ethyl adjacent to an activating group) is 2. The summed E-state index contributed by atoms with van der Waals surface area (Å²) < 4.78 is 0.209. The van der Waals surface area contributed by atoms with Gasteiger partial charge in [-0.2, -0.15) is 0 Å².